The molecule has 1 aromatic carbocycles. The second-order valence-electron chi connectivity index (χ2n) is 7.94. The zero-order valence-corrected chi connectivity index (χ0v) is 21.1. The summed E-state index contributed by atoms with van der Waals surface area (Å²) in [5.41, 5.74) is 2.80. The van der Waals surface area contributed by atoms with E-state index in [1.807, 2.05) is 0 Å². The van der Waals surface area contributed by atoms with Crippen molar-refractivity contribution in [2.24, 2.45) is 4.99 Å². The van der Waals surface area contributed by atoms with Crippen LogP contribution < -0.4 is 10.6 Å². The van der Waals surface area contributed by atoms with Crippen molar-refractivity contribution in [3.8, 4) is 0 Å². The predicted octanol–water partition coefficient (Wildman–Crippen LogP) is 3.87. The van der Waals surface area contributed by atoms with Gasteiger partial charge in [0, 0.05) is 38.8 Å². The number of hydrogen-bond donors (Lipinski definition) is 2. The van der Waals surface area contributed by atoms with Crippen molar-refractivity contribution in [1.29, 1.82) is 0 Å². The maximum Gasteiger partial charge on any atom is 0.409 e. The molecule has 0 spiro atoms. The molecular formula is C23H37IN4O3. The average molecular weight is 544 g/mol. The maximum atomic E-state index is 11.6. The van der Waals surface area contributed by atoms with Crippen molar-refractivity contribution in [1.82, 2.24) is 15.5 Å². The van der Waals surface area contributed by atoms with Crippen molar-refractivity contribution < 1.29 is 14.3 Å². The van der Waals surface area contributed by atoms with Gasteiger partial charge >= 0.3 is 6.09 Å². The Hall–Kier alpha value is -1.55. The van der Waals surface area contributed by atoms with Gasteiger partial charge in [-0.1, -0.05) is 24.3 Å². The lowest BCUT2D eigenvalue weighted by atomic mass is 9.89. The molecule has 1 unspecified atom stereocenters. The molecule has 3 rings (SSSR count). The summed E-state index contributed by atoms with van der Waals surface area (Å²) in [5, 5.41) is 6.83. The SMILES string of the molecule is CCNC(=NCCCOC1CCCc2ccccc21)NC1CCN(C(=O)OC)CC1.I. The molecule has 31 heavy (non-hydrogen) atoms. The summed E-state index contributed by atoms with van der Waals surface area (Å²) < 4.78 is 11.0. The second-order valence-corrected chi connectivity index (χ2v) is 7.94. The van der Waals surface area contributed by atoms with Gasteiger partial charge in [0.1, 0.15) is 0 Å². The van der Waals surface area contributed by atoms with Gasteiger partial charge in [-0.25, -0.2) is 4.79 Å². The van der Waals surface area contributed by atoms with Crippen LogP contribution in [0.15, 0.2) is 29.3 Å². The van der Waals surface area contributed by atoms with E-state index in [-0.39, 0.29) is 36.2 Å². The topological polar surface area (TPSA) is 75.2 Å². The number of hydrogen-bond acceptors (Lipinski definition) is 4. The van der Waals surface area contributed by atoms with Crippen molar-refractivity contribution >= 4 is 36.0 Å². The fourth-order valence-electron chi connectivity index (χ4n) is 4.21. The smallest absolute Gasteiger partial charge is 0.409 e. The number of carbonyl (C=O) groups excluding carboxylic acids is 1. The highest BCUT2D eigenvalue weighted by atomic mass is 127. The first-order valence-corrected chi connectivity index (χ1v) is 11.3. The van der Waals surface area contributed by atoms with Gasteiger partial charge in [-0.2, -0.15) is 0 Å². The van der Waals surface area contributed by atoms with Gasteiger partial charge in [0.15, 0.2) is 5.96 Å². The number of benzene rings is 1. The van der Waals surface area contributed by atoms with Crippen LogP contribution in [0.1, 0.15) is 56.3 Å². The van der Waals surface area contributed by atoms with Crippen LogP contribution in [0.25, 0.3) is 0 Å². The zero-order chi connectivity index (χ0) is 21.2. The largest absolute Gasteiger partial charge is 0.453 e. The highest BCUT2D eigenvalue weighted by molar-refractivity contribution is 14.0. The molecule has 0 aromatic heterocycles. The lowest BCUT2D eigenvalue weighted by Gasteiger charge is -2.32. The van der Waals surface area contributed by atoms with Gasteiger partial charge in [-0.3, -0.25) is 4.99 Å². The van der Waals surface area contributed by atoms with E-state index < -0.39 is 0 Å². The first kappa shape index (κ1) is 25.7. The number of aliphatic imine (C=N–C) groups is 1. The monoisotopic (exact) mass is 544 g/mol. The van der Waals surface area contributed by atoms with Crippen molar-refractivity contribution in [2.75, 3.05) is 39.9 Å². The van der Waals surface area contributed by atoms with Gasteiger partial charge in [-0.05, 0) is 56.6 Å². The molecule has 1 heterocycles. The Kier molecular flexibility index (Phi) is 11.4. The summed E-state index contributed by atoms with van der Waals surface area (Å²) in [6, 6.07) is 8.97. The number of methoxy groups -OCH3 is 1. The zero-order valence-electron chi connectivity index (χ0n) is 18.8. The minimum atomic E-state index is -0.241. The van der Waals surface area contributed by atoms with Crippen LogP contribution in [0.4, 0.5) is 4.79 Å². The molecule has 1 saturated heterocycles. The fourth-order valence-corrected chi connectivity index (χ4v) is 4.21. The molecule has 174 valence electrons. The molecule has 0 bridgehead atoms. The second kappa shape index (κ2) is 13.8. The molecule has 2 aliphatic rings. The molecule has 1 aliphatic heterocycles. The Morgan fingerprint density at radius 3 is 2.74 bits per heavy atom. The van der Waals surface area contributed by atoms with Crippen LogP contribution in [-0.4, -0.2) is 62.9 Å². The number of rotatable bonds is 7. The van der Waals surface area contributed by atoms with Crippen LogP contribution in [0.2, 0.25) is 0 Å². The van der Waals surface area contributed by atoms with Gasteiger partial charge in [-0.15, -0.1) is 24.0 Å². The Morgan fingerprint density at radius 1 is 1.23 bits per heavy atom. The number of nitrogens with one attached hydrogen (secondary N) is 2. The lowest BCUT2D eigenvalue weighted by Crippen LogP contribution is -2.49. The molecule has 7 nitrogen and oxygen atoms in total. The third kappa shape index (κ3) is 7.82. The van der Waals surface area contributed by atoms with E-state index in [0.29, 0.717) is 19.1 Å². The Bertz CT molecular complexity index is 708. The molecule has 1 atom stereocenters. The normalized spacial score (nSPS) is 19.2. The van der Waals surface area contributed by atoms with E-state index in [4.69, 9.17) is 14.5 Å². The number of guanidine groups is 1. The number of piperidine rings is 1. The summed E-state index contributed by atoms with van der Waals surface area (Å²) in [6.45, 7) is 5.76. The Morgan fingerprint density at radius 2 is 2.00 bits per heavy atom. The summed E-state index contributed by atoms with van der Waals surface area (Å²) in [7, 11) is 1.43. The third-order valence-electron chi connectivity index (χ3n) is 5.82. The van der Waals surface area contributed by atoms with E-state index in [1.165, 1.54) is 24.7 Å². The fraction of sp³-hybridized carbons (Fsp3) is 0.652. The number of halogens is 1. The van der Waals surface area contributed by atoms with E-state index in [2.05, 4.69) is 41.8 Å². The number of carbonyl (C=O) groups is 1. The lowest BCUT2D eigenvalue weighted by molar-refractivity contribution is 0.0403. The maximum absolute atomic E-state index is 11.6. The molecule has 2 N–H and O–H groups in total. The number of likely N-dealkylation sites (tertiary alicyclic amines) is 1. The molecular weight excluding hydrogens is 507 g/mol. The predicted molar refractivity (Wildman–Crippen MR) is 134 cm³/mol. The summed E-state index contributed by atoms with van der Waals surface area (Å²) in [5.74, 6) is 0.844. The molecule has 8 heteroatoms. The molecule has 0 radical (unpaired) electrons. The standard InChI is InChI=1S/C23H36N4O3.HI/c1-3-24-22(26-19-12-15-27(16-13-19)23(28)29-2)25-14-7-17-30-21-11-6-9-18-8-4-5-10-20(18)21;/h4-5,8,10,19,21H,3,6-7,9,11-17H2,1-2H3,(H2,24,25,26);1H. The van der Waals surface area contributed by atoms with E-state index in [9.17, 15) is 4.79 Å². The Labute approximate surface area is 203 Å². The number of fused-ring (bicyclic) bond motifs is 1. The van der Waals surface area contributed by atoms with Crippen LogP contribution in [0, 0.1) is 0 Å². The average Bonchev–Trinajstić information content (AvgIpc) is 2.79. The molecule has 1 aromatic rings. The molecule has 1 amide bonds. The minimum absolute atomic E-state index is 0. The molecule has 1 aliphatic carbocycles. The van der Waals surface area contributed by atoms with Crippen LogP contribution in [-0.2, 0) is 15.9 Å². The van der Waals surface area contributed by atoms with Crippen LogP contribution in [0.3, 0.4) is 0 Å². The van der Waals surface area contributed by atoms with Crippen molar-refractivity contribution in [2.45, 2.75) is 57.6 Å². The van der Waals surface area contributed by atoms with E-state index in [1.54, 1.807) is 4.90 Å². The van der Waals surface area contributed by atoms with Crippen LogP contribution in [0.5, 0.6) is 0 Å². The highest BCUT2D eigenvalue weighted by Gasteiger charge is 2.23. The van der Waals surface area contributed by atoms with Crippen LogP contribution >= 0.6 is 24.0 Å². The minimum Gasteiger partial charge on any atom is -0.453 e. The van der Waals surface area contributed by atoms with Gasteiger partial charge in [0.25, 0.3) is 0 Å². The van der Waals surface area contributed by atoms with E-state index in [0.717, 1.165) is 57.8 Å². The quantitative estimate of drug-likeness (QED) is 0.236. The van der Waals surface area contributed by atoms with Gasteiger partial charge in [0.05, 0.1) is 13.2 Å². The van der Waals surface area contributed by atoms with Crippen molar-refractivity contribution in [3.05, 3.63) is 35.4 Å². The molecule has 0 saturated carbocycles. The highest BCUT2D eigenvalue weighted by Crippen LogP contribution is 2.32. The molecule has 1 fully saturated rings. The number of ether oxygens (including phenoxy) is 2. The Balaban J connectivity index is 0.00000341. The first-order valence-electron chi connectivity index (χ1n) is 11.3. The summed E-state index contributed by atoms with van der Waals surface area (Å²) in [4.78, 5) is 18.1. The first-order chi connectivity index (χ1) is 14.7. The summed E-state index contributed by atoms with van der Waals surface area (Å²) >= 11 is 0. The van der Waals surface area contributed by atoms with Gasteiger partial charge in [0.2, 0.25) is 0 Å². The number of nitrogens with zero attached hydrogens (tertiary/aromatic N) is 2. The number of amides is 1. The van der Waals surface area contributed by atoms with Gasteiger partial charge < -0.3 is 25.0 Å². The van der Waals surface area contributed by atoms with Crippen molar-refractivity contribution in [3.63, 3.8) is 0 Å². The number of aryl methyl sites for hydroxylation is 1. The van der Waals surface area contributed by atoms with E-state index >= 15 is 0 Å². The third-order valence-corrected chi connectivity index (χ3v) is 5.82. The summed E-state index contributed by atoms with van der Waals surface area (Å²) in [6.07, 6.45) is 6.14.